The van der Waals surface area contributed by atoms with E-state index in [0.717, 1.165) is 12.0 Å². The largest absolute Gasteiger partial charge is 0.445 e. The molecule has 7 heteroatoms. The first-order chi connectivity index (χ1) is 9.90. The van der Waals surface area contributed by atoms with Crippen molar-refractivity contribution in [2.45, 2.75) is 38.8 Å². The Labute approximate surface area is 130 Å². The number of carbonyl (C=O) groups excluding carboxylic acids is 1. The van der Waals surface area contributed by atoms with E-state index in [4.69, 9.17) is 15.4 Å². The van der Waals surface area contributed by atoms with Gasteiger partial charge in [0.2, 0.25) is 9.05 Å². The summed E-state index contributed by atoms with van der Waals surface area (Å²) < 4.78 is 27.0. The molecule has 0 saturated heterocycles. The van der Waals surface area contributed by atoms with Crippen LogP contribution in [0.3, 0.4) is 0 Å². The second-order valence-electron chi connectivity index (χ2n) is 4.72. The van der Waals surface area contributed by atoms with Crippen LogP contribution >= 0.6 is 10.7 Å². The quantitative estimate of drug-likeness (QED) is 0.742. The average Bonchev–Trinajstić information content (AvgIpc) is 2.43. The highest BCUT2D eigenvalue weighted by atomic mass is 35.7. The van der Waals surface area contributed by atoms with Crippen LogP contribution in [0, 0.1) is 0 Å². The molecule has 5 nitrogen and oxygen atoms in total. The van der Waals surface area contributed by atoms with Gasteiger partial charge in [-0.05, 0) is 18.4 Å². The third-order valence-electron chi connectivity index (χ3n) is 2.88. The van der Waals surface area contributed by atoms with Gasteiger partial charge in [-0.2, -0.15) is 0 Å². The minimum Gasteiger partial charge on any atom is -0.445 e. The molecule has 21 heavy (non-hydrogen) atoms. The lowest BCUT2D eigenvalue weighted by molar-refractivity contribution is 0.134. The minimum absolute atomic E-state index is 0.168. The van der Waals surface area contributed by atoms with E-state index in [1.54, 1.807) is 0 Å². The molecule has 0 aliphatic rings. The van der Waals surface area contributed by atoms with E-state index in [-0.39, 0.29) is 24.8 Å². The summed E-state index contributed by atoms with van der Waals surface area (Å²) in [7, 11) is 1.63. The number of nitrogens with one attached hydrogen (secondary N) is 1. The van der Waals surface area contributed by atoms with Crippen LogP contribution < -0.4 is 5.32 Å². The molecule has 0 bridgehead atoms. The number of alkyl carbamates (subject to hydrolysis) is 1. The number of ether oxygens (including phenoxy) is 1. The molecule has 0 aromatic heterocycles. The van der Waals surface area contributed by atoms with Crippen molar-refractivity contribution in [3.63, 3.8) is 0 Å². The maximum Gasteiger partial charge on any atom is 0.407 e. The van der Waals surface area contributed by atoms with Gasteiger partial charge in [-0.1, -0.05) is 43.7 Å². The van der Waals surface area contributed by atoms with Crippen LogP contribution in [0.15, 0.2) is 30.3 Å². The molecule has 1 unspecified atom stereocenters. The van der Waals surface area contributed by atoms with Crippen molar-refractivity contribution >= 4 is 25.8 Å². The van der Waals surface area contributed by atoms with Gasteiger partial charge < -0.3 is 10.1 Å². The highest BCUT2D eigenvalue weighted by molar-refractivity contribution is 8.13. The normalized spacial score (nSPS) is 12.7. The Balaban J connectivity index is 2.41. The molecule has 0 spiro atoms. The molecule has 0 aliphatic heterocycles. The van der Waals surface area contributed by atoms with Crippen molar-refractivity contribution in [3.8, 4) is 0 Å². The molecule has 1 aromatic rings. The second-order valence-corrected chi connectivity index (χ2v) is 7.62. The summed E-state index contributed by atoms with van der Waals surface area (Å²) >= 11 is 0. The van der Waals surface area contributed by atoms with Crippen LogP contribution in [0.4, 0.5) is 4.79 Å². The molecule has 1 N–H and O–H groups in total. The Kier molecular flexibility index (Phi) is 7.53. The average molecular weight is 334 g/mol. The lowest BCUT2D eigenvalue weighted by atomic mass is 10.1. The second kappa shape index (κ2) is 8.89. The topological polar surface area (TPSA) is 72.5 Å². The number of carbonyl (C=O) groups is 1. The van der Waals surface area contributed by atoms with E-state index >= 15 is 0 Å². The summed E-state index contributed by atoms with van der Waals surface area (Å²) in [5, 5.41) is 2.68. The molecule has 1 atom stereocenters. The maximum absolute atomic E-state index is 11.7. The molecule has 1 amide bonds. The van der Waals surface area contributed by atoms with Crippen molar-refractivity contribution in [1.82, 2.24) is 5.32 Å². The number of halogens is 1. The predicted molar refractivity (Wildman–Crippen MR) is 82.7 cm³/mol. The van der Waals surface area contributed by atoms with Gasteiger partial charge in [0, 0.05) is 16.7 Å². The molecular weight excluding hydrogens is 314 g/mol. The van der Waals surface area contributed by atoms with Crippen molar-refractivity contribution in [1.29, 1.82) is 0 Å². The lowest BCUT2D eigenvalue weighted by Gasteiger charge is -2.17. The minimum atomic E-state index is -3.55. The van der Waals surface area contributed by atoms with Gasteiger partial charge in [0.25, 0.3) is 0 Å². The van der Waals surface area contributed by atoms with Crippen molar-refractivity contribution in [3.05, 3.63) is 35.9 Å². The summed E-state index contributed by atoms with van der Waals surface area (Å²) in [5.74, 6) is -0.168. The molecule has 0 radical (unpaired) electrons. The van der Waals surface area contributed by atoms with Crippen molar-refractivity contribution in [2.75, 3.05) is 5.75 Å². The van der Waals surface area contributed by atoms with Crippen LogP contribution in [0.5, 0.6) is 0 Å². The van der Waals surface area contributed by atoms with Crippen molar-refractivity contribution in [2.24, 2.45) is 0 Å². The number of hydrogen-bond acceptors (Lipinski definition) is 4. The Morgan fingerprint density at radius 3 is 2.52 bits per heavy atom. The summed E-state index contributed by atoms with van der Waals surface area (Å²) in [6, 6.07) is 9.07. The zero-order valence-electron chi connectivity index (χ0n) is 11.9. The van der Waals surface area contributed by atoms with E-state index < -0.39 is 15.1 Å². The highest BCUT2D eigenvalue weighted by Gasteiger charge is 2.16. The lowest BCUT2D eigenvalue weighted by Crippen LogP contribution is -2.36. The first kappa shape index (κ1) is 17.8. The molecule has 0 aliphatic carbocycles. The third kappa shape index (κ3) is 8.57. The van der Waals surface area contributed by atoms with Gasteiger partial charge in [0.1, 0.15) is 6.61 Å². The molecule has 0 fully saturated rings. The van der Waals surface area contributed by atoms with Crippen LogP contribution in [-0.2, 0) is 20.4 Å². The third-order valence-corrected chi connectivity index (χ3v) is 4.07. The molecule has 0 saturated carbocycles. The number of benzene rings is 1. The van der Waals surface area contributed by atoms with E-state index in [2.05, 4.69) is 5.32 Å². The number of hydrogen-bond donors (Lipinski definition) is 1. The van der Waals surface area contributed by atoms with Gasteiger partial charge in [-0.3, -0.25) is 0 Å². The van der Waals surface area contributed by atoms with Gasteiger partial charge in [-0.15, -0.1) is 0 Å². The van der Waals surface area contributed by atoms with Crippen LogP contribution in [0.25, 0.3) is 0 Å². The molecule has 1 aromatic carbocycles. The van der Waals surface area contributed by atoms with Gasteiger partial charge in [0.05, 0.1) is 5.75 Å². The standard InChI is InChI=1S/C14H20ClNO4S/c1-2-6-13(9-10-21(15,18)19)16-14(17)20-11-12-7-4-3-5-8-12/h3-5,7-8,13H,2,6,9-11H2,1H3,(H,16,17). The first-order valence-corrected chi connectivity index (χ1v) is 9.28. The summed E-state index contributed by atoms with van der Waals surface area (Å²) in [6.07, 6.45) is 1.23. The Morgan fingerprint density at radius 2 is 1.95 bits per heavy atom. The fourth-order valence-corrected chi connectivity index (χ4v) is 2.68. The predicted octanol–water partition coefficient (Wildman–Crippen LogP) is 3.04. The maximum atomic E-state index is 11.7. The highest BCUT2D eigenvalue weighted by Crippen LogP contribution is 2.08. The zero-order chi connectivity index (χ0) is 15.7. The van der Waals surface area contributed by atoms with E-state index in [1.165, 1.54) is 0 Å². The summed E-state index contributed by atoms with van der Waals surface area (Å²) in [5.41, 5.74) is 0.892. The van der Waals surface area contributed by atoms with Gasteiger partial charge in [-0.25, -0.2) is 13.2 Å². The Hall–Kier alpha value is -1.27. The summed E-state index contributed by atoms with van der Waals surface area (Å²) in [4.78, 5) is 11.7. The zero-order valence-corrected chi connectivity index (χ0v) is 13.5. The molecular formula is C14H20ClNO4S. The fourth-order valence-electron chi connectivity index (χ4n) is 1.85. The van der Waals surface area contributed by atoms with Crippen LogP contribution in [0.1, 0.15) is 31.7 Å². The number of rotatable bonds is 8. The Morgan fingerprint density at radius 1 is 1.29 bits per heavy atom. The smallest absolute Gasteiger partial charge is 0.407 e. The van der Waals surface area contributed by atoms with E-state index in [0.29, 0.717) is 6.42 Å². The van der Waals surface area contributed by atoms with Crippen molar-refractivity contribution < 1.29 is 17.9 Å². The van der Waals surface area contributed by atoms with Crippen LogP contribution in [-0.4, -0.2) is 26.3 Å². The van der Waals surface area contributed by atoms with E-state index in [1.807, 2.05) is 37.3 Å². The molecule has 0 heterocycles. The fraction of sp³-hybridized carbons (Fsp3) is 0.500. The van der Waals surface area contributed by atoms with E-state index in [9.17, 15) is 13.2 Å². The Bertz CT molecular complexity index is 533. The first-order valence-electron chi connectivity index (χ1n) is 6.80. The SMILES string of the molecule is CCCC(CCS(=O)(=O)Cl)NC(=O)OCc1ccccc1. The summed E-state index contributed by atoms with van der Waals surface area (Å²) in [6.45, 7) is 2.14. The molecule has 1 rings (SSSR count). The monoisotopic (exact) mass is 333 g/mol. The number of amides is 1. The van der Waals surface area contributed by atoms with Gasteiger partial charge >= 0.3 is 6.09 Å². The van der Waals surface area contributed by atoms with Gasteiger partial charge in [0.15, 0.2) is 0 Å². The van der Waals surface area contributed by atoms with Crippen LogP contribution in [0.2, 0.25) is 0 Å². The molecule has 118 valence electrons.